The molecule has 0 unspecified atom stereocenters. The molecule has 178 valence electrons. The zero-order valence-electron chi connectivity index (χ0n) is 19.1. The first-order chi connectivity index (χ1) is 15.9. The molecule has 8 heteroatoms. The Kier molecular flexibility index (Phi) is 7.63. The van der Waals surface area contributed by atoms with Crippen LogP contribution in [-0.4, -0.2) is 72.5 Å². The number of urea groups is 1. The number of hydrogen-bond acceptors (Lipinski definition) is 5. The van der Waals surface area contributed by atoms with Gasteiger partial charge in [0.25, 0.3) is 0 Å². The van der Waals surface area contributed by atoms with Gasteiger partial charge in [0.15, 0.2) is 0 Å². The van der Waals surface area contributed by atoms with E-state index in [0.29, 0.717) is 43.4 Å². The SMILES string of the molecule is Cc1ccc(Cl)c(OC[C@@]2(O)CCCN(Cc3ccc(OCCN4CCNC4=O)cc3)C2)c1. The van der Waals surface area contributed by atoms with Crippen LogP contribution in [0, 0.1) is 6.92 Å². The molecule has 2 aliphatic rings. The zero-order chi connectivity index (χ0) is 23.3. The van der Waals surface area contributed by atoms with Crippen LogP contribution in [0.15, 0.2) is 42.5 Å². The quantitative estimate of drug-likeness (QED) is 0.583. The van der Waals surface area contributed by atoms with Gasteiger partial charge in [-0.05, 0) is 61.7 Å². The lowest BCUT2D eigenvalue weighted by molar-refractivity contribution is -0.0621. The van der Waals surface area contributed by atoms with E-state index in [-0.39, 0.29) is 12.6 Å². The van der Waals surface area contributed by atoms with Crippen LogP contribution in [0.1, 0.15) is 24.0 Å². The summed E-state index contributed by atoms with van der Waals surface area (Å²) < 4.78 is 11.7. The third kappa shape index (κ3) is 6.53. The van der Waals surface area contributed by atoms with E-state index < -0.39 is 5.60 Å². The number of amides is 2. The summed E-state index contributed by atoms with van der Waals surface area (Å²) in [6, 6.07) is 13.6. The summed E-state index contributed by atoms with van der Waals surface area (Å²) in [7, 11) is 0. The fourth-order valence-corrected chi connectivity index (χ4v) is 4.51. The molecule has 0 spiro atoms. The highest BCUT2D eigenvalue weighted by Gasteiger charge is 2.34. The van der Waals surface area contributed by atoms with Gasteiger partial charge in [-0.3, -0.25) is 4.90 Å². The standard InChI is InChI=1S/C25H32ClN3O4/c1-19-3-8-22(26)23(15-19)33-18-25(31)9-2-11-28(17-25)16-20-4-6-21(7-5-20)32-14-13-29-12-10-27-24(29)30/h3-8,15,31H,2,9-14,16-18H2,1H3,(H,27,30)/t25-/m1/s1. The van der Waals surface area contributed by atoms with Crippen molar-refractivity contribution in [3.63, 3.8) is 0 Å². The molecule has 0 saturated carbocycles. The van der Waals surface area contributed by atoms with Gasteiger partial charge in [-0.2, -0.15) is 0 Å². The van der Waals surface area contributed by atoms with Gasteiger partial charge in [0.1, 0.15) is 30.3 Å². The Bertz CT molecular complexity index is 955. The second kappa shape index (κ2) is 10.6. The Morgan fingerprint density at radius 1 is 1.15 bits per heavy atom. The molecule has 0 aliphatic carbocycles. The maximum absolute atomic E-state index is 11.6. The number of nitrogens with zero attached hydrogens (tertiary/aromatic N) is 2. The fourth-order valence-electron chi connectivity index (χ4n) is 4.34. The first-order valence-electron chi connectivity index (χ1n) is 11.5. The van der Waals surface area contributed by atoms with Gasteiger partial charge in [-0.15, -0.1) is 0 Å². The third-order valence-electron chi connectivity index (χ3n) is 6.12. The molecular weight excluding hydrogens is 442 g/mol. The molecule has 1 atom stereocenters. The molecular formula is C25H32ClN3O4. The van der Waals surface area contributed by atoms with E-state index >= 15 is 0 Å². The number of carbonyl (C=O) groups is 1. The minimum absolute atomic E-state index is 0.0252. The maximum atomic E-state index is 11.6. The molecule has 2 aromatic rings. The van der Waals surface area contributed by atoms with Gasteiger partial charge < -0.3 is 24.8 Å². The molecule has 0 radical (unpaired) electrons. The number of piperidine rings is 1. The van der Waals surface area contributed by atoms with Gasteiger partial charge in [-0.1, -0.05) is 29.8 Å². The van der Waals surface area contributed by atoms with Gasteiger partial charge in [0.05, 0.1) is 11.6 Å². The zero-order valence-corrected chi connectivity index (χ0v) is 19.8. The minimum Gasteiger partial charge on any atom is -0.492 e. The fraction of sp³-hybridized carbons (Fsp3) is 0.480. The van der Waals surface area contributed by atoms with Crippen LogP contribution < -0.4 is 14.8 Å². The molecule has 0 aromatic heterocycles. The van der Waals surface area contributed by atoms with Crippen LogP contribution in [0.5, 0.6) is 11.5 Å². The normalized spacial score (nSPS) is 21.2. The number of ether oxygens (including phenoxy) is 2. The highest BCUT2D eigenvalue weighted by molar-refractivity contribution is 6.32. The van der Waals surface area contributed by atoms with Crippen molar-refractivity contribution in [1.29, 1.82) is 0 Å². The monoisotopic (exact) mass is 473 g/mol. The Hall–Kier alpha value is -2.48. The first kappa shape index (κ1) is 23.7. The number of benzene rings is 2. The van der Waals surface area contributed by atoms with Crippen molar-refractivity contribution in [3.8, 4) is 11.5 Å². The minimum atomic E-state index is -0.907. The highest BCUT2D eigenvalue weighted by atomic mass is 35.5. The van der Waals surface area contributed by atoms with E-state index in [9.17, 15) is 9.90 Å². The molecule has 2 aromatic carbocycles. The summed E-state index contributed by atoms with van der Waals surface area (Å²) in [5, 5.41) is 14.5. The summed E-state index contributed by atoms with van der Waals surface area (Å²) in [5.41, 5.74) is 1.32. The molecule has 2 amide bonds. The molecule has 4 rings (SSSR count). The van der Waals surface area contributed by atoms with E-state index in [1.165, 1.54) is 0 Å². The van der Waals surface area contributed by atoms with Gasteiger partial charge in [-0.25, -0.2) is 4.79 Å². The van der Waals surface area contributed by atoms with Crippen LogP contribution in [0.4, 0.5) is 4.79 Å². The summed E-state index contributed by atoms with van der Waals surface area (Å²) >= 11 is 6.23. The van der Waals surface area contributed by atoms with Crippen LogP contribution in [0.3, 0.4) is 0 Å². The topological polar surface area (TPSA) is 74.3 Å². The average Bonchev–Trinajstić information content (AvgIpc) is 3.20. The Labute approximate surface area is 200 Å². The lowest BCUT2D eigenvalue weighted by atomic mass is 9.93. The number of carbonyl (C=O) groups excluding carboxylic acids is 1. The van der Waals surface area contributed by atoms with Crippen molar-refractivity contribution in [3.05, 3.63) is 58.6 Å². The molecule has 2 fully saturated rings. The molecule has 33 heavy (non-hydrogen) atoms. The summed E-state index contributed by atoms with van der Waals surface area (Å²) in [6.45, 7) is 6.92. The number of halogens is 1. The lowest BCUT2D eigenvalue weighted by Gasteiger charge is -2.39. The van der Waals surface area contributed by atoms with Crippen molar-refractivity contribution in [1.82, 2.24) is 15.1 Å². The number of aliphatic hydroxyl groups is 1. The molecule has 0 bridgehead atoms. The van der Waals surface area contributed by atoms with Crippen LogP contribution >= 0.6 is 11.6 Å². The molecule has 2 aliphatic heterocycles. The predicted molar refractivity (Wildman–Crippen MR) is 128 cm³/mol. The number of β-amino-alcohol motifs (C(OH)–C–C–N with tert-alkyl or cyclic N) is 1. The third-order valence-corrected chi connectivity index (χ3v) is 6.43. The van der Waals surface area contributed by atoms with Crippen LogP contribution in [-0.2, 0) is 6.54 Å². The van der Waals surface area contributed by atoms with Crippen LogP contribution in [0.2, 0.25) is 5.02 Å². The summed E-state index contributed by atoms with van der Waals surface area (Å²) in [5.74, 6) is 1.40. The van der Waals surface area contributed by atoms with Crippen molar-refractivity contribution < 1.29 is 19.4 Å². The second-order valence-electron chi connectivity index (χ2n) is 8.97. The van der Waals surface area contributed by atoms with Gasteiger partial charge >= 0.3 is 6.03 Å². The van der Waals surface area contributed by atoms with Crippen molar-refractivity contribution in [2.45, 2.75) is 31.9 Å². The summed E-state index contributed by atoms with van der Waals surface area (Å²) in [4.78, 5) is 15.6. The largest absolute Gasteiger partial charge is 0.492 e. The Morgan fingerprint density at radius 2 is 1.97 bits per heavy atom. The highest BCUT2D eigenvalue weighted by Crippen LogP contribution is 2.29. The van der Waals surface area contributed by atoms with E-state index in [1.807, 2.05) is 37.3 Å². The van der Waals surface area contributed by atoms with Crippen molar-refractivity contribution in [2.75, 3.05) is 45.9 Å². The maximum Gasteiger partial charge on any atom is 0.317 e. The number of nitrogens with one attached hydrogen (secondary N) is 1. The number of aryl methyl sites for hydroxylation is 1. The smallest absolute Gasteiger partial charge is 0.317 e. The van der Waals surface area contributed by atoms with E-state index in [0.717, 1.165) is 42.9 Å². The predicted octanol–water partition coefficient (Wildman–Crippen LogP) is 3.46. The average molecular weight is 474 g/mol. The van der Waals surface area contributed by atoms with E-state index in [1.54, 1.807) is 4.90 Å². The molecule has 2 saturated heterocycles. The van der Waals surface area contributed by atoms with Crippen LogP contribution in [0.25, 0.3) is 0 Å². The van der Waals surface area contributed by atoms with Gasteiger partial charge in [0, 0.05) is 26.2 Å². The lowest BCUT2D eigenvalue weighted by Crippen LogP contribution is -2.51. The van der Waals surface area contributed by atoms with Crippen molar-refractivity contribution in [2.24, 2.45) is 0 Å². The molecule has 7 nitrogen and oxygen atoms in total. The second-order valence-corrected chi connectivity index (χ2v) is 9.38. The van der Waals surface area contributed by atoms with E-state index in [4.69, 9.17) is 21.1 Å². The molecule has 2 heterocycles. The Balaban J connectivity index is 1.25. The van der Waals surface area contributed by atoms with Gasteiger partial charge in [0.2, 0.25) is 0 Å². The first-order valence-corrected chi connectivity index (χ1v) is 11.9. The van der Waals surface area contributed by atoms with E-state index in [2.05, 4.69) is 22.3 Å². The Morgan fingerprint density at radius 3 is 2.73 bits per heavy atom. The summed E-state index contributed by atoms with van der Waals surface area (Å²) in [6.07, 6.45) is 1.61. The molecule has 2 N–H and O–H groups in total. The number of hydrogen-bond donors (Lipinski definition) is 2. The number of rotatable bonds is 9. The van der Waals surface area contributed by atoms with Crippen molar-refractivity contribution >= 4 is 17.6 Å². The number of likely N-dealkylation sites (tertiary alicyclic amines) is 1.